The quantitative estimate of drug-likeness (QED) is 0.871. The van der Waals surface area contributed by atoms with Gasteiger partial charge in [-0.15, -0.1) is 0 Å². The molecule has 0 aliphatic heterocycles. The highest BCUT2D eigenvalue weighted by atomic mass is 32.2. The third-order valence-electron chi connectivity index (χ3n) is 2.36. The highest BCUT2D eigenvalue weighted by Gasteiger charge is 2.12. The van der Waals surface area contributed by atoms with E-state index in [4.69, 9.17) is 5.14 Å². The van der Waals surface area contributed by atoms with Gasteiger partial charge < -0.3 is 5.32 Å². The summed E-state index contributed by atoms with van der Waals surface area (Å²) in [5.74, 6) is 0.183. The second-order valence-corrected chi connectivity index (χ2v) is 6.20. The van der Waals surface area contributed by atoms with Gasteiger partial charge in [0.1, 0.15) is 0 Å². The van der Waals surface area contributed by atoms with Gasteiger partial charge in [0.15, 0.2) is 0 Å². The van der Waals surface area contributed by atoms with E-state index in [0.29, 0.717) is 17.7 Å². The number of benzene rings is 1. The van der Waals surface area contributed by atoms with E-state index in [1.807, 2.05) is 13.8 Å². The molecule has 3 N–H and O–H groups in total. The lowest BCUT2D eigenvalue weighted by molar-refractivity contribution is -0.116. The Labute approximate surface area is 107 Å². The Morgan fingerprint density at radius 1 is 1.39 bits per heavy atom. The number of carbonyl (C=O) groups excluding carboxylic acids is 1. The van der Waals surface area contributed by atoms with Crippen LogP contribution in [0.4, 0.5) is 5.69 Å². The SMILES string of the molecule is Cc1cc(NC(=O)CC(C)C)ccc1S(N)(=O)=O. The van der Waals surface area contributed by atoms with Crippen LogP contribution in [0.25, 0.3) is 0 Å². The van der Waals surface area contributed by atoms with Gasteiger partial charge in [-0.2, -0.15) is 0 Å². The maximum atomic E-state index is 11.6. The first-order valence-corrected chi connectivity index (χ1v) is 7.18. The van der Waals surface area contributed by atoms with Crippen LogP contribution in [0.15, 0.2) is 23.1 Å². The van der Waals surface area contributed by atoms with Crippen LogP contribution in [0.5, 0.6) is 0 Å². The van der Waals surface area contributed by atoms with E-state index in [2.05, 4.69) is 5.32 Å². The molecule has 0 atom stereocenters. The van der Waals surface area contributed by atoms with Gasteiger partial charge in [-0.3, -0.25) is 4.79 Å². The molecule has 0 saturated carbocycles. The van der Waals surface area contributed by atoms with Crippen molar-refractivity contribution in [3.8, 4) is 0 Å². The summed E-state index contributed by atoms with van der Waals surface area (Å²) in [4.78, 5) is 11.6. The van der Waals surface area contributed by atoms with Crippen LogP contribution in [0, 0.1) is 12.8 Å². The third kappa shape index (κ3) is 4.12. The average Bonchev–Trinajstić information content (AvgIpc) is 2.13. The molecule has 0 radical (unpaired) electrons. The molecule has 1 amide bonds. The fraction of sp³-hybridized carbons (Fsp3) is 0.417. The monoisotopic (exact) mass is 270 g/mol. The van der Waals surface area contributed by atoms with E-state index in [1.54, 1.807) is 13.0 Å². The van der Waals surface area contributed by atoms with Gasteiger partial charge in [-0.05, 0) is 36.6 Å². The predicted octanol–water partition coefficient (Wildman–Crippen LogP) is 1.63. The number of nitrogens with two attached hydrogens (primary N) is 1. The number of aryl methyl sites for hydroxylation is 1. The molecular weight excluding hydrogens is 252 g/mol. The second-order valence-electron chi connectivity index (χ2n) is 4.67. The molecule has 1 aromatic carbocycles. The average molecular weight is 270 g/mol. The molecule has 6 heteroatoms. The largest absolute Gasteiger partial charge is 0.326 e. The van der Waals surface area contributed by atoms with Crippen molar-refractivity contribution in [3.63, 3.8) is 0 Å². The maximum Gasteiger partial charge on any atom is 0.238 e. The zero-order chi connectivity index (χ0) is 13.9. The fourth-order valence-corrected chi connectivity index (χ4v) is 2.39. The Balaban J connectivity index is 2.89. The highest BCUT2D eigenvalue weighted by molar-refractivity contribution is 7.89. The minimum absolute atomic E-state index is 0.0735. The van der Waals surface area contributed by atoms with Gasteiger partial charge >= 0.3 is 0 Å². The van der Waals surface area contributed by atoms with Crippen molar-refractivity contribution in [1.29, 1.82) is 0 Å². The molecule has 100 valence electrons. The van der Waals surface area contributed by atoms with E-state index < -0.39 is 10.0 Å². The van der Waals surface area contributed by atoms with Gasteiger partial charge in [0.05, 0.1) is 4.90 Å². The lowest BCUT2D eigenvalue weighted by Crippen LogP contribution is -2.16. The zero-order valence-electron chi connectivity index (χ0n) is 10.7. The van der Waals surface area contributed by atoms with Crippen LogP contribution >= 0.6 is 0 Å². The van der Waals surface area contributed by atoms with E-state index in [9.17, 15) is 13.2 Å². The Morgan fingerprint density at radius 2 is 2.00 bits per heavy atom. The van der Waals surface area contributed by atoms with Crippen LogP contribution in [0.1, 0.15) is 25.8 Å². The summed E-state index contributed by atoms with van der Waals surface area (Å²) in [7, 11) is -3.71. The molecule has 0 spiro atoms. The molecule has 0 unspecified atom stereocenters. The highest BCUT2D eigenvalue weighted by Crippen LogP contribution is 2.18. The third-order valence-corrected chi connectivity index (χ3v) is 3.43. The Bertz CT molecular complexity index is 550. The molecular formula is C12H18N2O3S. The number of hydrogen-bond donors (Lipinski definition) is 2. The molecule has 0 heterocycles. The predicted molar refractivity (Wildman–Crippen MR) is 70.6 cm³/mol. The lowest BCUT2D eigenvalue weighted by atomic mass is 10.1. The molecule has 5 nitrogen and oxygen atoms in total. The minimum atomic E-state index is -3.71. The summed E-state index contributed by atoms with van der Waals surface area (Å²) in [5, 5.41) is 7.78. The van der Waals surface area contributed by atoms with Crippen LogP contribution in [0.3, 0.4) is 0 Å². The first kappa shape index (κ1) is 14.7. The number of sulfonamides is 1. The molecule has 1 rings (SSSR count). The number of rotatable bonds is 4. The topological polar surface area (TPSA) is 89.3 Å². The Kier molecular flexibility index (Phi) is 4.48. The lowest BCUT2D eigenvalue weighted by Gasteiger charge is -2.09. The number of nitrogens with one attached hydrogen (secondary N) is 1. The minimum Gasteiger partial charge on any atom is -0.326 e. The smallest absolute Gasteiger partial charge is 0.238 e. The second kappa shape index (κ2) is 5.49. The Morgan fingerprint density at radius 3 is 2.44 bits per heavy atom. The van der Waals surface area contributed by atoms with E-state index >= 15 is 0 Å². The summed E-state index contributed by atoms with van der Waals surface area (Å²) >= 11 is 0. The summed E-state index contributed by atoms with van der Waals surface area (Å²) in [6.45, 7) is 5.54. The van der Waals surface area contributed by atoms with Crippen molar-refractivity contribution in [1.82, 2.24) is 0 Å². The van der Waals surface area contributed by atoms with Crippen LogP contribution < -0.4 is 10.5 Å². The van der Waals surface area contributed by atoms with Crippen molar-refractivity contribution in [3.05, 3.63) is 23.8 Å². The van der Waals surface area contributed by atoms with Gasteiger partial charge in [0, 0.05) is 12.1 Å². The number of primary sulfonamides is 1. The van der Waals surface area contributed by atoms with Crippen molar-refractivity contribution in [2.45, 2.75) is 32.1 Å². The molecule has 18 heavy (non-hydrogen) atoms. The van der Waals surface area contributed by atoms with Crippen molar-refractivity contribution in [2.24, 2.45) is 11.1 Å². The van der Waals surface area contributed by atoms with E-state index in [-0.39, 0.29) is 16.7 Å². The van der Waals surface area contributed by atoms with Crippen molar-refractivity contribution < 1.29 is 13.2 Å². The standard InChI is InChI=1S/C12H18N2O3S/c1-8(2)6-12(15)14-10-4-5-11(9(3)7-10)18(13,16)17/h4-5,7-8H,6H2,1-3H3,(H,14,15)(H2,13,16,17). The fourth-order valence-electron chi connectivity index (χ4n) is 1.63. The maximum absolute atomic E-state index is 11.6. The van der Waals surface area contributed by atoms with Gasteiger partial charge in [0.2, 0.25) is 15.9 Å². The van der Waals surface area contributed by atoms with Crippen molar-refractivity contribution in [2.75, 3.05) is 5.32 Å². The van der Waals surface area contributed by atoms with Crippen LogP contribution in [-0.2, 0) is 14.8 Å². The molecule has 0 aliphatic carbocycles. The molecule has 0 bridgehead atoms. The van der Waals surface area contributed by atoms with Crippen LogP contribution in [0.2, 0.25) is 0 Å². The van der Waals surface area contributed by atoms with Crippen molar-refractivity contribution >= 4 is 21.6 Å². The number of anilines is 1. The first-order valence-electron chi connectivity index (χ1n) is 5.63. The molecule has 0 aromatic heterocycles. The summed E-state index contributed by atoms with van der Waals surface area (Å²) in [5.41, 5.74) is 1.09. The normalized spacial score (nSPS) is 11.6. The first-order chi connectivity index (χ1) is 8.20. The van der Waals surface area contributed by atoms with Gasteiger partial charge in [-0.25, -0.2) is 13.6 Å². The Hall–Kier alpha value is -1.40. The molecule has 0 aliphatic rings. The zero-order valence-corrected chi connectivity index (χ0v) is 11.5. The summed E-state index contributed by atoms with van der Waals surface area (Å²) in [6.07, 6.45) is 0.427. The van der Waals surface area contributed by atoms with E-state index in [1.165, 1.54) is 12.1 Å². The van der Waals surface area contributed by atoms with Gasteiger partial charge in [0.25, 0.3) is 0 Å². The molecule has 1 aromatic rings. The number of amides is 1. The molecule has 0 saturated heterocycles. The summed E-state index contributed by atoms with van der Waals surface area (Å²) in [6, 6.07) is 4.53. The summed E-state index contributed by atoms with van der Waals surface area (Å²) < 4.78 is 22.4. The number of carbonyl (C=O) groups is 1. The number of hydrogen-bond acceptors (Lipinski definition) is 3. The van der Waals surface area contributed by atoms with Crippen LogP contribution in [-0.4, -0.2) is 14.3 Å². The molecule has 0 fully saturated rings. The van der Waals surface area contributed by atoms with E-state index in [0.717, 1.165) is 0 Å². The van der Waals surface area contributed by atoms with Gasteiger partial charge in [-0.1, -0.05) is 13.8 Å².